The Labute approximate surface area is 343 Å². The maximum atomic E-state index is 12.6. The van der Waals surface area contributed by atoms with Gasteiger partial charge in [-0.25, -0.2) is 4.57 Å². The molecule has 0 aliphatic carbocycles. The minimum absolute atomic E-state index is 0.0505. The van der Waals surface area contributed by atoms with Crippen LogP contribution in [-0.2, 0) is 37.5 Å². The highest BCUT2D eigenvalue weighted by atomic mass is 31.2. The van der Waals surface area contributed by atoms with Crippen LogP contribution in [0.25, 0.3) is 0 Å². The van der Waals surface area contributed by atoms with E-state index in [-0.39, 0.29) is 19.4 Å². The quantitative estimate of drug-likeness (QED) is 0.0151. The Morgan fingerprint density at radius 2 is 1.16 bits per heavy atom. The number of aliphatic carboxylic acids is 1. The first-order valence-corrected chi connectivity index (χ1v) is 22.9. The van der Waals surface area contributed by atoms with Gasteiger partial charge in [0.05, 0.1) is 19.3 Å². The molecule has 0 heterocycles. The Morgan fingerprint density at radius 1 is 0.632 bits per heavy atom. The summed E-state index contributed by atoms with van der Waals surface area (Å²) in [5.74, 6) is -2.51. The zero-order chi connectivity index (χ0) is 42.2. The minimum atomic E-state index is -4.75. The fourth-order valence-electron chi connectivity index (χ4n) is 5.37. The molecule has 0 fully saturated rings. The summed E-state index contributed by atoms with van der Waals surface area (Å²) in [6.45, 7) is 2.60. The summed E-state index contributed by atoms with van der Waals surface area (Å²) in [7, 11) is -4.75. The Morgan fingerprint density at radius 3 is 1.82 bits per heavy atom. The van der Waals surface area contributed by atoms with Gasteiger partial charge in [0.25, 0.3) is 0 Å². The van der Waals surface area contributed by atoms with Gasteiger partial charge in [0.1, 0.15) is 12.6 Å². The number of unbranched alkanes of at least 4 members (excludes halogenated alkanes) is 15. The van der Waals surface area contributed by atoms with Crippen molar-refractivity contribution in [2.24, 2.45) is 5.73 Å². The molecule has 1 unspecified atom stereocenters. The lowest BCUT2D eigenvalue weighted by Crippen LogP contribution is -2.34. The molecule has 0 radical (unpaired) electrons. The topological polar surface area (TPSA) is 192 Å². The summed E-state index contributed by atoms with van der Waals surface area (Å²) < 4.78 is 32.6. The number of carbonyl (C=O) groups is 3. The van der Waals surface area contributed by atoms with E-state index < -0.39 is 57.2 Å². The van der Waals surface area contributed by atoms with Gasteiger partial charge in [0.2, 0.25) is 0 Å². The molecule has 0 spiro atoms. The van der Waals surface area contributed by atoms with E-state index in [1.807, 2.05) is 36.5 Å². The SMILES string of the molecule is CCCCC/C=C\C[C@H](O)/C=C/C=C\C/C=C\CCCC(=O)O[C@H](COC(=O)CCCCCCCCC/C=C\CCCCCC)COP(=O)(O)OC[C@H](N)C(=O)O. The van der Waals surface area contributed by atoms with Crippen molar-refractivity contribution in [1.29, 1.82) is 0 Å². The molecular formula is C44H76NO11P. The van der Waals surface area contributed by atoms with Gasteiger partial charge in [-0.05, 0) is 70.6 Å². The molecule has 13 heteroatoms. The van der Waals surface area contributed by atoms with Gasteiger partial charge in [-0.1, -0.05) is 139 Å². The van der Waals surface area contributed by atoms with Gasteiger partial charge in [-0.15, -0.1) is 0 Å². The van der Waals surface area contributed by atoms with Crippen LogP contribution < -0.4 is 5.73 Å². The Balaban J connectivity index is 4.56. The number of ether oxygens (including phenoxy) is 2. The molecule has 0 saturated carbocycles. The average Bonchev–Trinajstić information content (AvgIpc) is 3.18. The molecule has 328 valence electrons. The molecule has 4 atom stereocenters. The molecule has 0 saturated heterocycles. The lowest BCUT2D eigenvalue weighted by atomic mass is 10.1. The van der Waals surface area contributed by atoms with Crippen molar-refractivity contribution in [3.8, 4) is 0 Å². The Kier molecular flexibility index (Phi) is 36.7. The molecular weight excluding hydrogens is 749 g/mol. The minimum Gasteiger partial charge on any atom is -0.480 e. The van der Waals surface area contributed by atoms with Gasteiger partial charge in [-0.3, -0.25) is 23.4 Å². The molecule has 0 aromatic carbocycles. The van der Waals surface area contributed by atoms with Crippen molar-refractivity contribution < 1.29 is 52.6 Å². The van der Waals surface area contributed by atoms with Crippen LogP contribution in [0, 0.1) is 0 Å². The fraction of sp³-hybridized carbons (Fsp3) is 0.705. The van der Waals surface area contributed by atoms with E-state index >= 15 is 0 Å². The second-order valence-electron chi connectivity index (χ2n) is 14.3. The van der Waals surface area contributed by atoms with Crippen LogP contribution in [0.3, 0.4) is 0 Å². The van der Waals surface area contributed by atoms with Crippen molar-refractivity contribution in [3.63, 3.8) is 0 Å². The summed E-state index contributed by atoms with van der Waals surface area (Å²) >= 11 is 0. The molecule has 0 amide bonds. The van der Waals surface area contributed by atoms with E-state index in [9.17, 15) is 28.9 Å². The normalized spacial score (nSPS) is 14.9. The highest BCUT2D eigenvalue weighted by molar-refractivity contribution is 7.47. The predicted octanol–water partition coefficient (Wildman–Crippen LogP) is 10.1. The fourth-order valence-corrected chi connectivity index (χ4v) is 6.15. The number of phosphoric ester groups is 1. The number of hydrogen-bond acceptors (Lipinski definition) is 10. The lowest BCUT2D eigenvalue weighted by molar-refractivity contribution is -0.161. The van der Waals surface area contributed by atoms with Crippen LogP contribution in [0.1, 0.15) is 162 Å². The van der Waals surface area contributed by atoms with E-state index in [0.717, 1.165) is 38.5 Å². The highest BCUT2D eigenvalue weighted by Crippen LogP contribution is 2.43. The van der Waals surface area contributed by atoms with Gasteiger partial charge < -0.3 is 30.3 Å². The number of hydrogen-bond donors (Lipinski definition) is 4. The van der Waals surface area contributed by atoms with Crippen LogP contribution in [0.15, 0.2) is 60.8 Å². The number of aliphatic hydroxyl groups is 1. The average molecular weight is 826 g/mol. The number of nitrogens with two attached hydrogens (primary N) is 1. The standard InChI is InChI=1S/C44H76NO11P/c1-3-5-7-9-11-12-13-14-15-16-17-18-22-26-30-34-42(47)53-36-40(37-54-57(51,52)55-38-41(45)44(49)50)56-43(48)35-31-27-23-20-19-21-25-29-33-39(46)32-28-24-10-8-6-4-2/h12-13,20-21,23-25,28-29,33,39-41,46H,3-11,14-19,22,26-27,30-32,34-38,45H2,1-2H3,(H,49,50)(H,51,52)/b13-12-,23-20-,25-21-,28-24-,33-29+/t39-,40+,41-/m0/s1. The molecule has 0 aliphatic heterocycles. The number of phosphoric acid groups is 1. The summed E-state index contributed by atoms with van der Waals surface area (Å²) in [4.78, 5) is 45.9. The second-order valence-corrected chi connectivity index (χ2v) is 15.8. The van der Waals surface area contributed by atoms with Crippen molar-refractivity contribution in [2.75, 3.05) is 19.8 Å². The summed E-state index contributed by atoms with van der Waals surface area (Å²) in [6.07, 6.45) is 40.3. The molecule has 5 N–H and O–H groups in total. The molecule has 0 bridgehead atoms. The number of aliphatic hydroxyl groups excluding tert-OH is 1. The van der Waals surface area contributed by atoms with Crippen LogP contribution in [0.4, 0.5) is 0 Å². The smallest absolute Gasteiger partial charge is 0.472 e. The predicted molar refractivity (Wildman–Crippen MR) is 227 cm³/mol. The summed E-state index contributed by atoms with van der Waals surface area (Å²) in [5, 5.41) is 18.9. The number of esters is 2. The Hall–Kier alpha value is -2.86. The van der Waals surface area contributed by atoms with E-state index in [0.29, 0.717) is 32.1 Å². The van der Waals surface area contributed by atoms with E-state index in [1.54, 1.807) is 6.08 Å². The van der Waals surface area contributed by atoms with E-state index in [4.69, 9.17) is 24.8 Å². The third kappa shape index (κ3) is 38.4. The lowest BCUT2D eigenvalue weighted by Gasteiger charge is -2.20. The molecule has 0 rings (SSSR count). The molecule has 0 aliphatic rings. The number of carboxylic acid groups (broad SMARTS) is 1. The van der Waals surface area contributed by atoms with Gasteiger partial charge in [0, 0.05) is 12.8 Å². The first kappa shape index (κ1) is 54.1. The van der Waals surface area contributed by atoms with Crippen molar-refractivity contribution in [1.82, 2.24) is 0 Å². The van der Waals surface area contributed by atoms with Gasteiger partial charge >= 0.3 is 25.7 Å². The maximum Gasteiger partial charge on any atom is 0.472 e. The monoisotopic (exact) mass is 826 g/mol. The van der Waals surface area contributed by atoms with Crippen molar-refractivity contribution in [2.45, 2.75) is 180 Å². The second kappa shape index (κ2) is 38.6. The number of rotatable bonds is 39. The van der Waals surface area contributed by atoms with E-state index in [2.05, 4.69) is 36.6 Å². The van der Waals surface area contributed by atoms with Gasteiger partial charge in [0.15, 0.2) is 6.10 Å². The number of carbonyl (C=O) groups excluding carboxylic acids is 2. The summed E-state index contributed by atoms with van der Waals surface area (Å²) in [6, 6.07) is -1.54. The molecule has 0 aromatic heterocycles. The zero-order valence-electron chi connectivity index (χ0n) is 35.0. The van der Waals surface area contributed by atoms with Crippen LogP contribution >= 0.6 is 7.82 Å². The number of allylic oxidation sites excluding steroid dienone is 8. The molecule has 57 heavy (non-hydrogen) atoms. The number of carboxylic acids is 1. The van der Waals surface area contributed by atoms with Crippen LogP contribution in [-0.4, -0.2) is 71.1 Å². The summed E-state index contributed by atoms with van der Waals surface area (Å²) in [5.41, 5.74) is 5.32. The van der Waals surface area contributed by atoms with Crippen molar-refractivity contribution in [3.05, 3.63) is 60.8 Å². The highest BCUT2D eigenvalue weighted by Gasteiger charge is 2.28. The van der Waals surface area contributed by atoms with Crippen LogP contribution in [0.5, 0.6) is 0 Å². The van der Waals surface area contributed by atoms with Crippen LogP contribution in [0.2, 0.25) is 0 Å². The first-order chi connectivity index (χ1) is 27.5. The first-order valence-electron chi connectivity index (χ1n) is 21.4. The third-order valence-corrected chi connectivity index (χ3v) is 9.77. The largest absolute Gasteiger partial charge is 0.480 e. The van der Waals surface area contributed by atoms with Crippen molar-refractivity contribution >= 4 is 25.7 Å². The molecule has 12 nitrogen and oxygen atoms in total. The van der Waals surface area contributed by atoms with Gasteiger partial charge in [-0.2, -0.15) is 0 Å². The maximum absolute atomic E-state index is 12.6. The zero-order valence-corrected chi connectivity index (χ0v) is 35.9. The molecule has 0 aromatic rings. The third-order valence-electron chi connectivity index (χ3n) is 8.82. The van der Waals surface area contributed by atoms with E-state index in [1.165, 1.54) is 64.2 Å². The Bertz CT molecular complexity index is 1220.